The van der Waals surface area contributed by atoms with Crippen LogP contribution in [0.2, 0.25) is 0 Å². The Balaban J connectivity index is 1.97. The third-order valence-corrected chi connectivity index (χ3v) is 3.54. The average Bonchev–Trinajstić information content (AvgIpc) is 2.91. The number of nitrogens with one attached hydrogen (secondary N) is 1. The minimum Gasteiger partial charge on any atom is -0.443 e. The van der Waals surface area contributed by atoms with Crippen molar-refractivity contribution in [1.82, 2.24) is 14.9 Å². The van der Waals surface area contributed by atoms with Crippen molar-refractivity contribution in [3.05, 3.63) is 30.5 Å². The van der Waals surface area contributed by atoms with E-state index in [0.717, 1.165) is 17.5 Å². The average molecular weight is 340 g/mol. The topological polar surface area (TPSA) is 87.6 Å². The minimum absolute atomic E-state index is 0.228. The van der Waals surface area contributed by atoms with E-state index in [-0.39, 0.29) is 18.3 Å². The van der Waals surface area contributed by atoms with Crippen molar-refractivity contribution in [3.63, 3.8) is 0 Å². The van der Waals surface area contributed by atoms with E-state index in [4.69, 9.17) is 4.74 Å². The first kappa shape index (κ1) is 17.1. The van der Waals surface area contributed by atoms with Gasteiger partial charge in [-0.2, -0.15) is 0 Å². The lowest BCUT2D eigenvalue weighted by molar-refractivity contribution is 0.141. The number of pyridine rings is 1. The highest BCUT2D eigenvalue weighted by molar-refractivity contribution is 7.17. The lowest BCUT2D eigenvalue weighted by Crippen LogP contribution is -2.39. The first-order chi connectivity index (χ1) is 11.0. The van der Waals surface area contributed by atoms with Crippen LogP contribution in [0.3, 0.4) is 0 Å². The first-order valence-corrected chi connectivity index (χ1v) is 7.77. The van der Waals surface area contributed by atoms with Crippen LogP contribution in [0.1, 0.15) is 13.8 Å². The molecule has 0 aliphatic rings. The summed E-state index contributed by atoms with van der Waals surface area (Å²) in [6.07, 6.45) is 3.27. The second-order valence-electron chi connectivity index (χ2n) is 4.74. The van der Waals surface area contributed by atoms with Crippen molar-refractivity contribution in [2.24, 2.45) is 0 Å². The molecule has 2 aromatic heterocycles. The predicted molar refractivity (Wildman–Crippen MR) is 84.3 cm³/mol. The van der Waals surface area contributed by atoms with Crippen molar-refractivity contribution in [3.8, 4) is 10.8 Å². The Morgan fingerprint density at radius 1 is 1.52 bits per heavy atom. The van der Waals surface area contributed by atoms with Crippen LogP contribution < -0.4 is 10.1 Å². The zero-order chi connectivity index (χ0) is 16.8. The summed E-state index contributed by atoms with van der Waals surface area (Å²) < 4.78 is 18.5. The maximum absolute atomic E-state index is 13.0. The SMILES string of the molecule is CCN(C[C@H](C)O)C(=O)Nc1ncc(Oc2cncc(F)c2)s1. The zero-order valence-electron chi connectivity index (χ0n) is 12.7. The number of amides is 2. The summed E-state index contributed by atoms with van der Waals surface area (Å²) in [6, 6.07) is 0.841. The summed E-state index contributed by atoms with van der Waals surface area (Å²) in [4.78, 5) is 21.2. The van der Waals surface area contributed by atoms with Gasteiger partial charge < -0.3 is 14.7 Å². The molecule has 2 aromatic rings. The molecule has 0 radical (unpaired) electrons. The molecule has 124 valence electrons. The Labute approximate surface area is 136 Å². The number of aliphatic hydroxyl groups excluding tert-OH is 1. The van der Waals surface area contributed by atoms with Crippen molar-refractivity contribution in [2.75, 3.05) is 18.4 Å². The van der Waals surface area contributed by atoms with E-state index >= 15 is 0 Å². The van der Waals surface area contributed by atoms with E-state index in [0.29, 0.717) is 16.7 Å². The van der Waals surface area contributed by atoms with Gasteiger partial charge in [0.2, 0.25) is 5.06 Å². The normalized spacial score (nSPS) is 11.8. The molecule has 2 heterocycles. The summed E-state index contributed by atoms with van der Waals surface area (Å²) in [5, 5.41) is 12.7. The van der Waals surface area contributed by atoms with Gasteiger partial charge in [0.05, 0.1) is 24.7 Å². The van der Waals surface area contributed by atoms with Crippen molar-refractivity contribution >= 4 is 22.5 Å². The molecule has 9 heteroatoms. The first-order valence-electron chi connectivity index (χ1n) is 6.96. The molecule has 0 unspecified atom stereocenters. The molecule has 7 nitrogen and oxygen atoms in total. The third-order valence-electron chi connectivity index (χ3n) is 2.75. The van der Waals surface area contributed by atoms with Gasteiger partial charge in [-0.25, -0.2) is 14.2 Å². The molecule has 0 fully saturated rings. The van der Waals surface area contributed by atoms with Gasteiger partial charge in [0, 0.05) is 19.2 Å². The molecule has 0 bridgehead atoms. The molecule has 2 amide bonds. The number of aliphatic hydroxyl groups is 1. The number of nitrogens with zero attached hydrogens (tertiary/aromatic N) is 3. The van der Waals surface area contributed by atoms with Gasteiger partial charge in [-0.1, -0.05) is 11.3 Å². The molecular formula is C14H17FN4O3S. The highest BCUT2D eigenvalue weighted by Gasteiger charge is 2.15. The summed E-state index contributed by atoms with van der Waals surface area (Å²) in [6.45, 7) is 4.11. The fourth-order valence-corrected chi connectivity index (χ4v) is 2.45. The molecular weight excluding hydrogens is 323 g/mol. The number of rotatable bonds is 6. The fraction of sp³-hybridized carbons (Fsp3) is 0.357. The van der Waals surface area contributed by atoms with E-state index in [2.05, 4.69) is 15.3 Å². The van der Waals surface area contributed by atoms with E-state index in [1.165, 1.54) is 23.4 Å². The van der Waals surface area contributed by atoms with Crippen LogP contribution in [-0.2, 0) is 0 Å². The molecule has 2 rings (SSSR count). The van der Waals surface area contributed by atoms with E-state index in [1.807, 2.05) is 6.92 Å². The molecule has 23 heavy (non-hydrogen) atoms. The highest BCUT2D eigenvalue weighted by atomic mass is 32.1. The Morgan fingerprint density at radius 3 is 2.96 bits per heavy atom. The van der Waals surface area contributed by atoms with Gasteiger partial charge >= 0.3 is 6.03 Å². The van der Waals surface area contributed by atoms with Crippen LogP contribution in [-0.4, -0.2) is 45.2 Å². The monoisotopic (exact) mass is 340 g/mol. The molecule has 0 aliphatic carbocycles. The minimum atomic E-state index is -0.614. The number of carbonyl (C=O) groups is 1. The molecule has 0 aromatic carbocycles. The Kier molecular flexibility index (Phi) is 5.83. The number of anilines is 1. The van der Waals surface area contributed by atoms with E-state index in [9.17, 15) is 14.3 Å². The maximum atomic E-state index is 13.0. The van der Waals surface area contributed by atoms with Gasteiger partial charge in [-0.05, 0) is 13.8 Å². The van der Waals surface area contributed by atoms with Crippen LogP contribution >= 0.6 is 11.3 Å². The molecule has 0 spiro atoms. The van der Waals surface area contributed by atoms with Gasteiger partial charge in [-0.3, -0.25) is 10.3 Å². The number of hydrogen-bond donors (Lipinski definition) is 2. The lowest BCUT2D eigenvalue weighted by Gasteiger charge is -2.21. The third kappa shape index (κ3) is 5.15. The number of ether oxygens (including phenoxy) is 1. The number of aromatic nitrogens is 2. The molecule has 2 N–H and O–H groups in total. The summed E-state index contributed by atoms with van der Waals surface area (Å²) in [5.41, 5.74) is 0. The predicted octanol–water partition coefficient (Wildman–Crippen LogP) is 2.70. The Morgan fingerprint density at radius 2 is 2.30 bits per heavy atom. The molecule has 1 atom stereocenters. The number of halogens is 1. The lowest BCUT2D eigenvalue weighted by atomic mass is 10.4. The smallest absolute Gasteiger partial charge is 0.323 e. The van der Waals surface area contributed by atoms with Crippen LogP contribution in [0, 0.1) is 5.82 Å². The zero-order valence-corrected chi connectivity index (χ0v) is 13.5. The quantitative estimate of drug-likeness (QED) is 0.844. The maximum Gasteiger partial charge on any atom is 0.323 e. The summed E-state index contributed by atoms with van der Waals surface area (Å²) in [7, 11) is 0. The molecule has 0 aliphatic heterocycles. The summed E-state index contributed by atoms with van der Waals surface area (Å²) >= 11 is 1.10. The van der Waals surface area contributed by atoms with Crippen molar-refractivity contribution in [2.45, 2.75) is 20.0 Å². The number of carbonyl (C=O) groups excluding carboxylic acids is 1. The molecule has 0 saturated carbocycles. The van der Waals surface area contributed by atoms with Gasteiger partial charge in [0.15, 0.2) is 5.13 Å². The number of hydrogen-bond acceptors (Lipinski definition) is 6. The number of thiazole rings is 1. The Hall–Kier alpha value is -2.26. The van der Waals surface area contributed by atoms with Crippen LogP contribution in [0.5, 0.6) is 10.8 Å². The second kappa shape index (κ2) is 7.84. The van der Waals surface area contributed by atoms with Crippen molar-refractivity contribution in [1.29, 1.82) is 0 Å². The van der Waals surface area contributed by atoms with E-state index in [1.54, 1.807) is 6.92 Å². The second-order valence-corrected chi connectivity index (χ2v) is 5.74. The number of likely N-dealkylation sites (N-methyl/N-ethyl adjacent to an activating group) is 1. The van der Waals surface area contributed by atoms with Crippen LogP contribution in [0.15, 0.2) is 24.7 Å². The van der Waals surface area contributed by atoms with Crippen LogP contribution in [0.25, 0.3) is 0 Å². The largest absolute Gasteiger partial charge is 0.443 e. The summed E-state index contributed by atoms with van der Waals surface area (Å²) in [5.74, 6) is -0.256. The molecule has 0 saturated heterocycles. The highest BCUT2D eigenvalue weighted by Crippen LogP contribution is 2.30. The fourth-order valence-electron chi connectivity index (χ4n) is 1.77. The van der Waals surface area contributed by atoms with Gasteiger partial charge in [0.1, 0.15) is 11.6 Å². The Bertz CT molecular complexity index is 665. The van der Waals surface area contributed by atoms with Crippen molar-refractivity contribution < 1.29 is 19.0 Å². The standard InChI is InChI=1S/C14H17FN4O3S/c1-3-19(8-9(2)20)14(21)18-13-17-7-12(23-13)22-11-4-10(15)5-16-6-11/h4-7,9,20H,3,8H2,1-2H3,(H,17,18,21)/t9-/m0/s1. The van der Waals surface area contributed by atoms with Crippen LogP contribution in [0.4, 0.5) is 14.3 Å². The number of urea groups is 1. The van der Waals surface area contributed by atoms with E-state index < -0.39 is 11.9 Å². The van der Waals surface area contributed by atoms with Gasteiger partial charge in [-0.15, -0.1) is 0 Å². The van der Waals surface area contributed by atoms with Gasteiger partial charge in [0.25, 0.3) is 0 Å².